The normalized spacial score (nSPS) is 24.3. The van der Waals surface area contributed by atoms with Gasteiger partial charge in [-0.15, -0.1) is 12.4 Å². The first kappa shape index (κ1) is 20.5. The maximum absolute atomic E-state index is 12.7. The second-order valence-corrected chi connectivity index (χ2v) is 8.03. The average Bonchev–Trinajstić information content (AvgIpc) is 3.00. The number of carbonyl (C=O) groups excluding carboxylic acids is 1. The molecule has 5 nitrogen and oxygen atoms in total. The van der Waals surface area contributed by atoms with Crippen LogP contribution in [0.4, 0.5) is 0 Å². The van der Waals surface area contributed by atoms with E-state index in [1.165, 1.54) is 0 Å². The Balaban J connectivity index is 0.00000225. The largest absolute Gasteiger partial charge is 0.496 e. The van der Waals surface area contributed by atoms with E-state index >= 15 is 0 Å². The molecular formula is C17H25BCl2N2O3. The molecule has 138 valence electrons. The summed E-state index contributed by atoms with van der Waals surface area (Å²) in [6.45, 7) is 9.23. The predicted octanol–water partition coefficient (Wildman–Crippen LogP) is 2.23. The van der Waals surface area contributed by atoms with Gasteiger partial charge in [0.25, 0.3) is 5.91 Å². The summed E-state index contributed by atoms with van der Waals surface area (Å²) >= 11 is 6.35. The van der Waals surface area contributed by atoms with Gasteiger partial charge in [-0.3, -0.25) is 4.79 Å². The second-order valence-electron chi connectivity index (χ2n) is 7.62. The molecule has 1 amide bonds. The van der Waals surface area contributed by atoms with Crippen LogP contribution in [0, 0.1) is 0 Å². The molecule has 2 N–H and O–H groups in total. The lowest BCUT2D eigenvalue weighted by atomic mass is 9.78. The van der Waals surface area contributed by atoms with E-state index in [0.29, 0.717) is 29.1 Å². The van der Waals surface area contributed by atoms with Crippen LogP contribution < -0.4 is 11.2 Å². The van der Waals surface area contributed by atoms with Crippen LogP contribution >= 0.6 is 24.0 Å². The van der Waals surface area contributed by atoms with Crippen LogP contribution in [-0.2, 0) is 9.31 Å². The molecule has 8 heteroatoms. The first-order chi connectivity index (χ1) is 11.1. The number of benzene rings is 1. The fourth-order valence-corrected chi connectivity index (χ4v) is 3.19. The first-order valence-electron chi connectivity index (χ1n) is 8.31. The Kier molecular flexibility index (Phi) is 5.82. The lowest BCUT2D eigenvalue weighted by Crippen LogP contribution is -2.41. The predicted molar refractivity (Wildman–Crippen MR) is 103 cm³/mol. The number of hydrogen-bond acceptors (Lipinski definition) is 4. The number of rotatable bonds is 2. The summed E-state index contributed by atoms with van der Waals surface area (Å²) < 4.78 is 12.1. The van der Waals surface area contributed by atoms with Gasteiger partial charge >= 0.3 is 7.12 Å². The third-order valence-electron chi connectivity index (χ3n) is 5.26. The molecule has 0 saturated carbocycles. The molecule has 3 rings (SSSR count). The molecule has 0 radical (unpaired) electrons. The van der Waals surface area contributed by atoms with Gasteiger partial charge in [0.15, 0.2) is 0 Å². The zero-order valence-corrected chi connectivity index (χ0v) is 16.6. The van der Waals surface area contributed by atoms with Crippen LogP contribution in [0.3, 0.4) is 0 Å². The average molecular weight is 387 g/mol. The van der Waals surface area contributed by atoms with Gasteiger partial charge in [0, 0.05) is 35.2 Å². The number of nitrogens with two attached hydrogens (primary N) is 1. The van der Waals surface area contributed by atoms with E-state index in [1.807, 2.05) is 27.7 Å². The highest BCUT2D eigenvalue weighted by atomic mass is 35.5. The van der Waals surface area contributed by atoms with Gasteiger partial charge in [0.05, 0.1) is 11.2 Å². The summed E-state index contributed by atoms with van der Waals surface area (Å²) in [7, 11) is -0.587. The van der Waals surface area contributed by atoms with Gasteiger partial charge in [0.2, 0.25) is 0 Å². The maximum atomic E-state index is 12.7. The van der Waals surface area contributed by atoms with Crippen molar-refractivity contribution in [1.82, 2.24) is 4.90 Å². The molecule has 0 bridgehead atoms. The standard InChI is InChI=1S/C17H24BClN2O3.ClH/c1-16(2)17(3,4)24-18(23-16)13-9-11(5-6-14(13)19)15(22)21-8-7-12(20)10-21;/h5-6,9,12H,7-8,10,20H2,1-4H3;1H/t12-;/m1./s1. The van der Waals surface area contributed by atoms with Gasteiger partial charge in [-0.1, -0.05) is 11.6 Å². The van der Waals surface area contributed by atoms with Crippen LogP contribution in [0.2, 0.25) is 5.02 Å². The zero-order chi connectivity index (χ0) is 17.7. The molecule has 2 aliphatic heterocycles. The van der Waals surface area contributed by atoms with E-state index in [9.17, 15) is 4.79 Å². The maximum Gasteiger partial charge on any atom is 0.496 e. The Labute approximate surface area is 160 Å². The van der Waals surface area contributed by atoms with Crippen LogP contribution in [0.15, 0.2) is 18.2 Å². The van der Waals surface area contributed by atoms with Crippen molar-refractivity contribution in [2.24, 2.45) is 5.73 Å². The van der Waals surface area contributed by atoms with E-state index in [4.69, 9.17) is 26.6 Å². The third-order valence-corrected chi connectivity index (χ3v) is 5.61. The van der Waals surface area contributed by atoms with Crippen LogP contribution in [0.1, 0.15) is 44.5 Å². The molecule has 1 aromatic carbocycles. The van der Waals surface area contributed by atoms with Crippen molar-refractivity contribution in [2.45, 2.75) is 51.4 Å². The van der Waals surface area contributed by atoms with Crippen molar-refractivity contribution in [3.8, 4) is 0 Å². The van der Waals surface area contributed by atoms with Crippen molar-refractivity contribution in [3.05, 3.63) is 28.8 Å². The first-order valence-corrected chi connectivity index (χ1v) is 8.68. The Morgan fingerprint density at radius 1 is 1.28 bits per heavy atom. The minimum atomic E-state index is -0.587. The number of hydrogen-bond donors (Lipinski definition) is 1. The van der Waals surface area contributed by atoms with Crippen LogP contribution in [0.5, 0.6) is 0 Å². The fraction of sp³-hybridized carbons (Fsp3) is 0.588. The molecule has 2 aliphatic rings. The number of nitrogens with zero attached hydrogens (tertiary/aromatic N) is 1. The number of amides is 1. The van der Waals surface area contributed by atoms with Crippen molar-refractivity contribution < 1.29 is 14.1 Å². The minimum absolute atomic E-state index is 0. The Hall–Kier alpha value is -0.785. The molecule has 2 heterocycles. The highest BCUT2D eigenvalue weighted by molar-refractivity contribution is 6.65. The van der Waals surface area contributed by atoms with Gasteiger partial charge < -0.3 is 19.9 Å². The highest BCUT2D eigenvalue weighted by Gasteiger charge is 2.52. The van der Waals surface area contributed by atoms with Gasteiger partial charge in [0.1, 0.15) is 0 Å². The van der Waals surface area contributed by atoms with Gasteiger partial charge in [-0.2, -0.15) is 0 Å². The Bertz CT molecular complexity index is 653. The summed E-state index contributed by atoms with van der Waals surface area (Å²) in [5.74, 6) is -0.0302. The monoisotopic (exact) mass is 386 g/mol. The summed E-state index contributed by atoms with van der Waals surface area (Å²) in [6.07, 6.45) is 0.837. The highest BCUT2D eigenvalue weighted by Crippen LogP contribution is 2.37. The molecular weight excluding hydrogens is 362 g/mol. The van der Waals surface area contributed by atoms with E-state index in [0.717, 1.165) is 6.42 Å². The smallest absolute Gasteiger partial charge is 0.399 e. The molecule has 0 aliphatic carbocycles. The van der Waals surface area contributed by atoms with Crippen molar-refractivity contribution in [1.29, 1.82) is 0 Å². The quantitative estimate of drug-likeness (QED) is 0.791. The minimum Gasteiger partial charge on any atom is -0.399 e. The van der Waals surface area contributed by atoms with E-state index in [-0.39, 0.29) is 24.4 Å². The van der Waals surface area contributed by atoms with E-state index < -0.39 is 18.3 Å². The van der Waals surface area contributed by atoms with E-state index in [2.05, 4.69) is 0 Å². The van der Waals surface area contributed by atoms with Gasteiger partial charge in [-0.05, 0) is 52.3 Å². The Morgan fingerprint density at radius 2 is 1.88 bits per heavy atom. The molecule has 25 heavy (non-hydrogen) atoms. The number of halogens is 2. The summed E-state index contributed by atoms with van der Waals surface area (Å²) in [5, 5.41) is 0.531. The number of carbonyl (C=O) groups is 1. The molecule has 1 atom stereocenters. The lowest BCUT2D eigenvalue weighted by molar-refractivity contribution is 0.00578. The summed E-state index contributed by atoms with van der Waals surface area (Å²) in [4.78, 5) is 14.5. The van der Waals surface area contributed by atoms with Crippen molar-refractivity contribution in [3.63, 3.8) is 0 Å². The van der Waals surface area contributed by atoms with E-state index in [1.54, 1.807) is 23.1 Å². The molecule has 2 saturated heterocycles. The third kappa shape index (κ3) is 3.83. The lowest BCUT2D eigenvalue weighted by Gasteiger charge is -2.32. The SMILES string of the molecule is CC1(C)OB(c2cc(C(=O)N3CC[C@@H](N)C3)ccc2Cl)OC1(C)C.Cl. The molecule has 1 aromatic rings. The van der Waals surface area contributed by atoms with Crippen LogP contribution in [0.25, 0.3) is 0 Å². The topological polar surface area (TPSA) is 64.8 Å². The fourth-order valence-electron chi connectivity index (χ4n) is 2.98. The zero-order valence-electron chi connectivity index (χ0n) is 15.0. The second kappa shape index (κ2) is 7.08. The van der Waals surface area contributed by atoms with Crippen LogP contribution in [-0.4, -0.2) is 48.3 Å². The van der Waals surface area contributed by atoms with Crippen molar-refractivity contribution in [2.75, 3.05) is 13.1 Å². The molecule has 0 unspecified atom stereocenters. The summed E-state index contributed by atoms with van der Waals surface area (Å²) in [5.41, 5.74) is 6.25. The molecule has 2 fully saturated rings. The van der Waals surface area contributed by atoms with Crippen molar-refractivity contribution >= 4 is 42.5 Å². The Morgan fingerprint density at radius 3 is 2.40 bits per heavy atom. The number of likely N-dealkylation sites (tertiary alicyclic amines) is 1. The molecule has 0 aromatic heterocycles. The van der Waals surface area contributed by atoms with Gasteiger partial charge in [-0.25, -0.2) is 0 Å². The summed E-state index contributed by atoms with van der Waals surface area (Å²) in [6, 6.07) is 5.30. The molecule has 0 spiro atoms.